The number of alkyl halides is 2. The second kappa shape index (κ2) is 6.83. The molecule has 3 N–H and O–H groups in total. The summed E-state index contributed by atoms with van der Waals surface area (Å²) in [6, 6.07) is 0. The standard InChI is InChI=1S/C15H26F2N2O/c16-15(17)7-5-11(6-8-15)14(20)19-10-13-4-2-1-3-12(13)9-18/h11-13H,1-10,18H2,(H,19,20). The van der Waals surface area contributed by atoms with Crippen LogP contribution in [0.4, 0.5) is 8.78 Å². The van der Waals surface area contributed by atoms with Gasteiger partial charge in [0, 0.05) is 25.3 Å². The third kappa shape index (κ3) is 4.14. The van der Waals surface area contributed by atoms with E-state index in [1.807, 2.05) is 0 Å². The monoisotopic (exact) mass is 288 g/mol. The zero-order valence-electron chi connectivity index (χ0n) is 12.0. The summed E-state index contributed by atoms with van der Waals surface area (Å²) in [7, 11) is 0. The van der Waals surface area contributed by atoms with Gasteiger partial charge in [0.1, 0.15) is 0 Å². The van der Waals surface area contributed by atoms with E-state index in [2.05, 4.69) is 5.32 Å². The molecule has 0 aromatic carbocycles. The van der Waals surface area contributed by atoms with Gasteiger partial charge in [-0.1, -0.05) is 12.8 Å². The van der Waals surface area contributed by atoms with Gasteiger partial charge >= 0.3 is 0 Å². The minimum atomic E-state index is -2.56. The predicted molar refractivity (Wildman–Crippen MR) is 74.4 cm³/mol. The lowest BCUT2D eigenvalue weighted by Gasteiger charge is -2.32. The lowest BCUT2D eigenvalue weighted by Crippen LogP contribution is -2.41. The van der Waals surface area contributed by atoms with E-state index in [4.69, 9.17) is 5.73 Å². The highest BCUT2D eigenvalue weighted by Crippen LogP contribution is 2.36. The van der Waals surface area contributed by atoms with Crippen LogP contribution in [0.2, 0.25) is 0 Å². The van der Waals surface area contributed by atoms with Gasteiger partial charge in [-0.2, -0.15) is 0 Å². The third-order valence-corrected chi connectivity index (χ3v) is 5.00. The van der Waals surface area contributed by atoms with Gasteiger partial charge in [0.15, 0.2) is 0 Å². The highest BCUT2D eigenvalue weighted by atomic mass is 19.3. The maximum absolute atomic E-state index is 13.1. The molecule has 2 saturated carbocycles. The van der Waals surface area contributed by atoms with E-state index in [1.165, 1.54) is 12.8 Å². The number of nitrogens with two attached hydrogens (primary N) is 1. The van der Waals surface area contributed by atoms with Crippen molar-refractivity contribution in [2.75, 3.05) is 13.1 Å². The van der Waals surface area contributed by atoms with Crippen LogP contribution in [0.1, 0.15) is 51.4 Å². The fourth-order valence-electron chi connectivity index (χ4n) is 3.54. The van der Waals surface area contributed by atoms with Gasteiger partial charge in [-0.05, 0) is 44.1 Å². The van der Waals surface area contributed by atoms with Gasteiger partial charge in [-0.25, -0.2) is 8.78 Å². The molecule has 0 aromatic heterocycles. The molecule has 2 aliphatic rings. The van der Waals surface area contributed by atoms with E-state index in [0.717, 1.165) is 12.8 Å². The Morgan fingerprint density at radius 2 is 1.70 bits per heavy atom. The summed E-state index contributed by atoms with van der Waals surface area (Å²) < 4.78 is 26.1. The van der Waals surface area contributed by atoms with Crippen molar-refractivity contribution in [1.82, 2.24) is 5.32 Å². The summed E-state index contributed by atoms with van der Waals surface area (Å²) in [5.74, 6) is -1.87. The Hall–Kier alpha value is -0.710. The number of nitrogens with one attached hydrogen (secondary N) is 1. The summed E-state index contributed by atoms with van der Waals surface area (Å²) in [5.41, 5.74) is 5.78. The molecule has 3 nitrogen and oxygen atoms in total. The lowest BCUT2D eigenvalue weighted by atomic mass is 9.79. The summed E-state index contributed by atoms with van der Waals surface area (Å²) in [5, 5.41) is 2.97. The first-order valence-corrected chi connectivity index (χ1v) is 7.87. The van der Waals surface area contributed by atoms with Crippen molar-refractivity contribution in [3.8, 4) is 0 Å². The van der Waals surface area contributed by atoms with Gasteiger partial charge in [-0.3, -0.25) is 4.79 Å². The minimum absolute atomic E-state index is 0.0400. The smallest absolute Gasteiger partial charge is 0.248 e. The first kappa shape index (κ1) is 15.7. The summed E-state index contributed by atoms with van der Waals surface area (Å²) in [6.45, 7) is 1.34. The van der Waals surface area contributed by atoms with E-state index < -0.39 is 5.92 Å². The number of carbonyl (C=O) groups is 1. The molecule has 2 unspecified atom stereocenters. The van der Waals surface area contributed by atoms with Crippen LogP contribution < -0.4 is 11.1 Å². The van der Waals surface area contributed by atoms with Crippen LogP contribution in [0.25, 0.3) is 0 Å². The number of carbonyl (C=O) groups excluding carboxylic acids is 1. The molecule has 0 aliphatic heterocycles. The molecule has 2 fully saturated rings. The Bertz CT molecular complexity index is 326. The van der Waals surface area contributed by atoms with E-state index in [1.54, 1.807) is 0 Å². The first-order valence-electron chi connectivity index (χ1n) is 7.87. The molecule has 0 spiro atoms. The zero-order chi connectivity index (χ0) is 14.6. The highest BCUT2D eigenvalue weighted by molar-refractivity contribution is 5.78. The van der Waals surface area contributed by atoms with Gasteiger partial charge in [0.2, 0.25) is 11.8 Å². The van der Waals surface area contributed by atoms with Crippen molar-refractivity contribution in [3.63, 3.8) is 0 Å². The Kier molecular flexibility index (Phi) is 5.35. The molecule has 2 rings (SSSR count). The molecule has 116 valence electrons. The van der Waals surface area contributed by atoms with E-state index >= 15 is 0 Å². The molecule has 0 aromatic rings. The van der Waals surface area contributed by atoms with Gasteiger partial charge in [0.05, 0.1) is 0 Å². The molecule has 2 aliphatic carbocycles. The summed E-state index contributed by atoms with van der Waals surface area (Å²) >= 11 is 0. The van der Waals surface area contributed by atoms with Gasteiger partial charge in [-0.15, -0.1) is 0 Å². The number of hydrogen-bond donors (Lipinski definition) is 2. The zero-order valence-corrected chi connectivity index (χ0v) is 12.0. The topological polar surface area (TPSA) is 55.1 Å². The molecule has 0 bridgehead atoms. The third-order valence-electron chi connectivity index (χ3n) is 5.00. The van der Waals surface area contributed by atoms with Crippen molar-refractivity contribution >= 4 is 5.91 Å². The van der Waals surface area contributed by atoms with Crippen LogP contribution in [0.5, 0.6) is 0 Å². The molecular formula is C15H26F2N2O. The molecular weight excluding hydrogens is 262 g/mol. The number of halogens is 2. The Morgan fingerprint density at radius 1 is 1.10 bits per heavy atom. The van der Waals surface area contributed by atoms with Crippen molar-refractivity contribution in [2.45, 2.75) is 57.3 Å². The molecule has 0 saturated heterocycles. The van der Waals surface area contributed by atoms with Crippen LogP contribution in [0, 0.1) is 17.8 Å². The molecule has 20 heavy (non-hydrogen) atoms. The van der Waals surface area contributed by atoms with Gasteiger partial charge < -0.3 is 11.1 Å². The molecule has 1 amide bonds. The Labute approximate surface area is 119 Å². The van der Waals surface area contributed by atoms with E-state index in [0.29, 0.717) is 37.8 Å². The van der Waals surface area contributed by atoms with Crippen LogP contribution >= 0.6 is 0 Å². The fraction of sp³-hybridized carbons (Fsp3) is 0.933. The second-order valence-corrected chi connectivity index (χ2v) is 6.42. The average Bonchev–Trinajstić information content (AvgIpc) is 2.45. The maximum atomic E-state index is 13.1. The van der Waals surface area contributed by atoms with E-state index in [-0.39, 0.29) is 24.7 Å². The number of hydrogen-bond acceptors (Lipinski definition) is 2. The van der Waals surface area contributed by atoms with Crippen molar-refractivity contribution in [2.24, 2.45) is 23.5 Å². The molecule has 0 heterocycles. The average molecular weight is 288 g/mol. The van der Waals surface area contributed by atoms with Crippen LogP contribution in [0.15, 0.2) is 0 Å². The second-order valence-electron chi connectivity index (χ2n) is 6.42. The van der Waals surface area contributed by atoms with Crippen molar-refractivity contribution in [1.29, 1.82) is 0 Å². The maximum Gasteiger partial charge on any atom is 0.248 e. The van der Waals surface area contributed by atoms with Crippen LogP contribution in [0.3, 0.4) is 0 Å². The first-order chi connectivity index (χ1) is 9.52. The number of amides is 1. The van der Waals surface area contributed by atoms with Crippen LogP contribution in [-0.2, 0) is 4.79 Å². The highest BCUT2D eigenvalue weighted by Gasteiger charge is 2.37. The quantitative estimate of drug-likeness (QED) is 0.835. The Morgan fingerprint density at radius 3 is 2.30 bits per heavy atom. The van der Waals surface area contributed by atoms with Crippen molar-refractivity contribution in [3.05, 3.63) is 0 Å². The molecule has 0 radical (unpaired) electrons. The molecule has 2 atom stereocenters. The van der Waals surface area contributed by atoms with Crippen molar-refractivity contribution < 1.29 is 13.6 Å². The largest absolute Gasteiger partial charge is 0.356 e. The summed E-state index contributed by atoms with van der Waals surface area (Å²) in [4.78, 5) is 12.1. The normalized spacial score (nSPS) is 30.9. The lowest BCUT2D eigenvalue weighted by molar-refractivity contribution is -0.129. The molecule has 5 heteroatoms. The predicted octanol–water partition coefficient (Wildman–Crippen LogP) is 2.69. The Balaban J connectivity index is 1.74. The summed E-state index contributed by atoms with van der Waals surface area (Å²) in [6.07, 6.45) is 5.00. The van der Waals surface area contributed by atoms with Crippen LogP contribution in [-0.4, -0.2) is 24.9 Å². The fourth-order valence-corrected chi connectivity index (χ4v) is 3.54. The van der Waals surface area contributed by atoms with E-state index in [9.17, 15) is 13.6 Å². The number of rotatable bonds is 4. The minimum Gasteiger partial charge on any atom is -0.356 e. The van der Waals surface area contributed by atoms with Gasteiger partial charge in [0.25, 0.3) is 0 Å². The SMILES string of the molecule is NCC1CCCCC1CNC(=O)C1CCC(F)(F)CC1.